The zero-order valence-electron chi connectivity index (χ0n) is 6.90. The Morgan fingerprint density at radius 2 is 2.25 bits per heavy atom. The van der Waals surface area contributed by atoms with Crippen LogP contribution in [0.4, 0.5) is 0 Å². The highest BCUT2D eigenvalue weighted by Gasteiger charge is 2.21. The van der Waals surface area contributed by atoms with E-state index in [-0.39, 0.29) is 6.42 Å². The fourth-order valence-electron chi connectivity index (χ4n) is 0.523. The minimum atomic E-state index is -1.25. The summed E-state index contributed by atoms with van der Waals surface area (Å²) in [7, 11) is 2.99. The highest BCUT2D eigenvalue weighted by atomic mass is 16.7. The molecule has 0 amide bonds. The molecule has 0 spiro atoms. The summed E-state index contributed by atoms with van der Waals surface area (Å²) in [5.41, 5.74) is 0. The number of hydrogen-bond donors (Lipinski definition) is 2. The van der Waals surface area contributed by atoms with Gasteiger partial charge in [0, 0.05) is 6.42 Å². The Morgan fingerprint density at radius 1 is 1.67 bits per heavy atom. The van der Waals surface area contributed by atoms with Gasteiger partial charge in [0.1, 0.15) is 6.10 Å². The first-order valence-electron chi connectivity index (χ1n) is 3.54. The lowest BCUT2D eigenvalue weighted by atomic mass is 10.3. The normalized spacial score (nSPS) is 15.3. The first-order valence-corrected chi connectivity index (χ1v) is 3.54. The van der Waals surface area contributed by atoms with Crippen LogP contribution in [0.25, 0.3) is 0 Å². The van der Waals surface area contributed by atoms with Crippen LogP contribution >= 0.6 is 0 Å². The van der Waals surface area contributed by atoms with E-state index >= 15 is 0 Å². The quantitative estimate of drug-likeness (QED) is 0.434. The topological polar surface area (TPSA) is 76.0 Å². The van der Waals surface area contributed by atoms with Gasteiger partial charge in [-0.05, 0) is 0 Å². The molecule has 0 aromatic rings. The summed E-state index contributed by atoms with van der Waals surface area (Å²) in [6, 6.07) is 0. The van der Waals surface area contributed by atoms with Gasteiger partial charge in [0.15, 0.2) is 0 Å². The summed E-state index contributed by atoms with van der Waals surface area (Å²) in [6.07, 6.45) is -2.27. The van der Waals surface area contributed by atoms with Crippen LogP contribution in [-0.2, 0) is 14.3 Å². The second-order valence-electron chi connectivity index (χ2n) is 2.13. The molecule has 0 rings (SSSR count). The van der Waals surface area contributed by atoms with Gasteiger partial charge in [-0.2, -0.15) is 0 Å². The first-order chi connectivity index (χ1) is 5.65. The van der Waals surface area contributed by atoms with Gasteiger partial charge in [-0.15, -0.1) is 0 Å². The molecule has 0 fully saturated rings. The lowest BCUT2D eigenvalue weighted by Crippen LogP contribution is -2.34. The molecule has 0 aliphatic carbocycles. The summed E-state index contributed by atoms with van der Waals surface area (Å²) in [5, 5.41) is 17.4. The highest BCUT2D eigenvalue weighted by Crippen LogP contribution is 2.02. The van der Waals surface area contributed by atoms with E-state index in [0.29, 0.717) is 0 Å². The Morgan fingerprint density at radius 3 is 2.58 bits per heavy atom. The molecule has 12 heavy (non-hydrogen) atoms. The van der Waals surface area contributed by atoms with Gasteiger partial charge in [0.05, 0.1) is 13.7 Å². The van der Waals surface area contributed by atoms with Gasteiger partial charge in [-0.1, -0.05) is 6.92 Å². The van der Waals surface area contributed by atoms with Gasteiger partial charge in [0.2, 0.25) is 6.29 Å². The third-order valence-corrected chi connectivity index (χ3v) is 1.20. The summed E-state index contributed by atoms with van der Waals surface area (Å²) < 4.78 is 8.94. The van der Waals surface area contributed by atoms with Crippen molar-refractivity contribution in [2.24, 2.45) is 0 Å². The lowest BCUT2D eigenvalue weighted by Gasteiger charge is -2.19. The molecule has 0 saturated carbocycles. The predicted molar refractivity (Wildman–Crippen MR) is 39.7 cm³/mol. The number of carbonyl (C=O) groups excluding carboxylic acids is 1. The van der Waals surface area contributed by atoms with E-state index in [2.05, 4.69) is 16.6 Å². The zero-order valence-corrected chi connectivity index (χ0v) is 6.90. The monoisotopic (exact) mass is 177 g/mol. The smallest absolute Gasteiger partial charge is 0.307 e. The molecule has 0 saturated heterocycles. The molecule has 0 aromatic heterocycles. The Labute approximate surface area is 70.9 Å². The van der Waals surface area contributed by atoms with E-state index in [1.165, 1.54) is 0 Å². The van der Waals surface area contributed by atoms with Crippen molar-refractivity contribution in [1.29, 1.82) is 0 Å². The number of esters is 1. The Kier molecular flexibility index (Phi) is 5.61. The zero-order chi connectivity index (χ0) is 9.56. The van der Waals surface area contributed by atoms with Crippen LogP contribution in [0.5, 0.6) is 0 Å². The van der Waals surface area contributed by atoms with Gasteiger partial charge >= 0.3 is 5.97 Å². The van der Waals surface area contributed by atoms with E-state index in [4.69, 9.17) is 10.2 Å². The predicted octanol–water partition coefficient (Wildman–Crippen LogP) is -0.573. The van der Waals surface area contributed by atoms with Crippen LogP contribution in [-0.4, -0.2) is 35.2 Å². The largest absolute Gasteiger partial charge is 0.433 e. The SMILES string of the molecule is [CH2]OC(OC(=O)CC)C(O)CO. The fraction of sp³-hybridized carbons (Fsp3) is 0.714. The molecule has 2 atom stereocenters. The molecule has 5 heteroatoms. The van der Waals surface area contributed by atoms with E-state index in [1.807, 2.05) is 0 Å². The molecule has 0 heterocycles. The lowest BCUT2D eigenvalue weighted by molar-refractivity contribution is -0.193. The maximum atomic E-state index is 10.7. The van der Waals surface area contributed by atoms with E-state index in [1.54, 1.807) is 6.92 Å². The van der Waals surface area contributed by atoms with Crippen LogP contribution in [0.1, 0.15) is 13.3 Å². The molecule has 0 aliphatic heterocycles. The maximum absolute atomic E-state index is 10.7. The molecular weight excluding hydrogens is 164 g/mol. The van der Waals surface area contributed by atoms with Crippen LogP contribution in [0.2, 0.25) is 0 Å². The van der Waals surface area contributed by atoms with Gasteiger partial charge in [-0.25, -0.2) is 0 Å². The summed E-state index contributed by atoms with van der Waals surface area (Å²) in [4.78, 5) is 10.7. The molecule has 0 aliphatic rings. The van der Waals surface area contributed by atoms with Crippen molar-refractivity contribution in [3.8, 4) is 0 Å². The number of ether oxygens (including phenoxy) is 2. The van der Waals surface area contributed by atoms with Crippen LogP contribution in [0.3, 0.4) is 0 Å². The summed E-state index contributed by atoms with van der Waals surface area (Å²) in [6.45, 7) is 1.06. The van der Waals surface area contributed by atoms with E-state index in [0.717, 1.165) is 0 Å². The molecular formula is C7H13O5. The summed E-state index contributed by atoms with van der Waals surface area (Å²) in [5.74, 6) is -0.517. The van der Waals surface area contributed by atoms with Crippen molar-refractivity contribution in [2.45, 2.75) is 25.7 Å². The van der Waals surface area contributed by atoms with Crippen LogP contribution in [0, 0.1) is 7.11 Å². The molecule has 0 bridgehead atoms. The number of aliphatic hydroxyl groups excluding tert-OH is 2. The van der Waals surface area contributed by atoms with Crippen molar-refractivity contribution in [2.75, 3.05) is 6.61 Å². The second kappa shape index (κ2) is 5.93. The Balaban J connectivity index is 3.90. The van der Waals surface area contributed by atoms with Crippen molar-refractivity contribution in [1.82, 2.24) is 0 Å². The standard InChI is InChI=1S/C7H13O5/c1-3-6(10)12-7(11-2)5(9)4-8/h5,7-9H,2-4H2,1H3. The number of rotatable bonds is 5. The number of aliphatic hydroxyl groups is 2. The molecule has 1 radical (unpaired) electrons. The van der Waals surface area contributed by atoms with Gasteiger partial charge in [-0.3, -0.25) is 4.79 Å². The maximum Gasteiger partial charge on any atom is 0.307 e. The Hall–Kier alpha value is -0.650. The number of hydrogen-bond acceptors (Lipinski definition) is 5. The average molecular weight is 177 g/mol. The van der Waals surface area contributed by atoms with Crippen LogP contribution < -0.4 is 0 Å². The highest BCUT2D eigenvalue weighted by molar-refractivity contribution is 5.69. The molecule has 0 aromatic carbocycles. The first kappa shape index (κ1) is 11.4. The molecule has 71 valence electrons. The third-order valence-electron chi connectivity index (χ3n) is 1.20. The fourth-order valence-corrected chi connectivity index (χ4v) is 0.523. The van der Waals surface area contributed by atoms with Crippen LogP contribution in [0.15, 0.2) is 0 Å². The minimum absolute atomic E-state index is 0.179. The molecule has 2 N–H and O–H groups in total. The average Bonchev–Trinajstić information content (AvgIpc) is 2.12. The molecule has 5 nitrogen and oxygen atoms in total. The van der Waals surface area contributed by atoms with Crippen molar-refractivity contribution in [3.63, 3.8) is 0 Å². The van der Waals surface area contributed by atoms with Crippen molar-refractivity contribution in [3.05, 3.63) is 7.11 Å². The van der Waals surface area contributed by atoms with Gasteiger partial charge < -0.3 is 19.7 Å². The minimum Gasteiger partial charge on any atom is -0.433 e. The Bertz CT molecular complexity index is 136. The number of carbonyl (C=O) groups is 1. The van der Waals surface area contributed by atoms with Crippen molar-refractivity contribution >= 4 is 5.97 Å². The van der Waals surface area contributed by atoms with Crippen molar-refractivity contribution < 1.29 is 24.5 Å². The third kappa shape index (κ3) is 3.66. The van der Waals surface area contributed by atoms with E-state index in [9.17, 15) is 4.79 Å². The second-order valence-corrected chi connectivity index (χ2v) is 2.13. The summed E-state index contributed by atoms with van der Waals surface area (Å²) >= 11 is 0. The van der Waals surface area contributed by atoms with Gasteiger partial charge in [0.25, 0.3) is 0 Å². The van der Waals surface area contributed by atoms with E-state index < -0.39 is 25.0 Å². The molecule has 2 unspecified atom stereocenters.